The predicted octanol–water partition coefficient (Wildman–Crippen LogP) is 1.78. The van der Waals surface area contributed by atoms with Crippen molar-refractivity contribution in [3.8, 4) is 0 Å². The van der Waals surface area contributed by atoms with Gasteiger partial charge in [0, 0.05) is 44.0 Å². The lowest BCUT2D eigenvalue weighted by Gasteiger charge is -2.37. The van der Waals surface area contributed by atoms with Crippen LogP contribution in [-0.4, -0.2) is 68.6 Å². The molecule has 2 fully saturated rings. The van der Waals surface area contributed by atoms with Crippen LogP contribution in [0.2, 0.25) is 0 Å². The van der Waals surface area contributed by atoms with E-state index in [0.29, 0.717) is 6.54 Å². The standard InChI is InChI=1S/C20H30N4O/c1-22-7-4-16(5-8-22)6-9-23-10-12-24(13-11-23)18-2-3-19-17(14-18)15-21-20(19)25/h2-3,14,16H,4-13,15H2,1H3,(H,21,25). The Bertz CT molecular complexity index is 616. The van der Waals surface area contributed by atoms with Crippen molar-refractivity contribution in [2.75, 3.05) is 57.8 Å². The molecule has 1 N–H and O–H groups in total. The lowest BCUT2D eigenvalue weighted by molar-refractivity contribution is 0.0966. The quantitative estimate of drug-likeness (QED) is 0.905. The highest BCUT2D eigenvalue weighted by Crippen LogP contribution is 2.24. The number of piperidine rings is 1. The number of benzene rings is 1. The molecule has 136 valence electrons. The van der Waals surface area contributed by atoms with Gasteiger partial charge in [-0.25, -0.2) is 0 Å². The van der Waals surface area contributed by atoms with Gasteiger partial charge in [0.25, 0.3) is 5.91 Å². The van der Waals surface area contributed by atoms with Crippen LogP contribution in [0.25, 0.3) is 0 Å². The Labute approximate surface area is 151 Å². The topological polar surface area (TPSA) is 38.8 Å². The van der Waals surface area contributed by atoms with E-state index in [1.54, 1.807) is 0 Å². The summed E-state index contributed by atoms with van der Waals surface area (Å²) in [6, 6.07) is 6.29. The van der Waals surface area contributed by atoms with Gasteiger partial charge in [0.15, 0.2) is 0 Å². The SMILES string of the molecule is CN1CCC(CCN2CCN(c3ccc4c(c3)CNC4=O)CC2)CC1. The number of anilines is 1. The maximum atomic E-state index is 11.7. The zero-order valence-electron chi connectivity index (χ0n) is 15.3. The number of hydrogen-bond acceptors (Lipinski definition) is 4. The molecule has 2 saturated heterocycles. The lowest BCUT2D eigenvalue weighted by Crippen LogP contribution is -2.47. The lowest BCUT2D eigenvalue weighted by atomic mass is 9.93. The van der Waals surface area contributed by atoms with Crippen molar-refractivity contribution in [3.63, 3.8) is 0 Å². The average molecular weight is 342 g/mol. The maximum absolute atomic E-state index is 11.7. The maximum Gasteiger partial charge on any atom is 0.251 e. The van der Waals surface area contributed by atoms with Gasteiger partial charge in [0.05, 0.1) is 0 Å². The monoisotopic (exact) mass is 342 g/mol. The Balaban J connectivity index is 1.25. The summed E-state index contributed by atoms with van der Waals surface area (Å²) in [7, 11) is 2.24. The second-order valence-corrected chi connectivity index (χ2v) is 7.89. The van der Waals surface area contributed by atoms with Gasteiger partial charge in [-0.1, -0.05) is 0 Å². The van der Waals surface area contributed by atoms with Crippen LogP contribution in [0.4, 0.5) is 5.69 Å². The molecule has 3 aliphatic rings. The Hall–Kier alpha value is -1.59. The van der Waals surface area contributed by atoms with Gasteiger partial charge < -0.3 is 15.1 Å². The van der Waals surface area contributed by atoms with Crippen LogP contribution < -0.4 is 10.2 Å². The van der Waals surface area contributed by atoms with Crippen molar-refractivity contribution < 1.29 is 4.79 Å². The Morgan fingerprint density at radius 2 is 1.84 bits per heavy atom. The van der Waals surface area contributed by atoms with Crippen LogP contribution in [0.3, 0.4) is 0 Å². The van der Waals surface area contributed by atoms with Crippen molar-refractivity contribution >= 4 is 11.6 Å². The first-order valence-electron chi connectivity index (χ1n) is 9.76. The molecule has 1 aromatic carbocycles. The van der Waals surface area contributed by atoms with Crippen LogP contribution >= 0.6 is 0 Å². The zero-order valence-corrected chi connectivity index (χ0v) is 15.3. The molecule has 0 unspecified atom stereocenters. The van der Waals surface area contributed by atoms with Crippen molar-refractivity contribution in [2.45, 2.75) is 25.8 Å². The van der Waals surface area contributed by atoms with Crippen molar-refractivity contribution in [1.82, 2.24) is 15.1 Å². The Morgan fingerprint density at radius 3 is 2.60 bits per heavy atom. The average Bonchev–Trinajstić information content (AvgIpc) is 3.02. The summed E-state index contributed by atoms with van der Waals surface area (Å²) in [6.45, 7) is 8.97. The number of hydrogen-bond donors (Lipinski definition) is 1. The van der Waals surface area contributed by atoms with Crippen LogP contribution in [0.5, 0.6) is 0 Å². The molecule has 0 aromatic heterocycles. The first kappa shape index (κ1) is 16.9. The van der Waals surface area contributed by atoms with Crippen molar-refractivity contribution in [2.24, 2.45) is 5.92 Å². The second kappa shape index (κ2) is 7.34. The molecule has 4 rings (SSSR count). The summed E-state index contributed by atoms with van der Waals surface area (Å²) >= 11 is 0. The third-order valence-corrected chi connectivity index (χ3v) is 6.20. The van der Waals surface area contributed by atoms with Gasteiger partial charge in [-0.05, 0) is 75.6 Å². The van der Waals surface area contributed by atoms with E-state index in [1.807, 2.05) is 6.07 Å². The van der Waals surface area contributed by atoms with E-state index in [1.165, 1.54) is 44.6 Å². The minimum Gasteiger partial charge on any atom is -0.369 e. The van der Waals surface area contributed by atoms with E-state index in [2.05, 4.69) is 39.2 Å². The molecule has 0 radical (unpaired) electrons. The molecular formula is C20H30N4O. The second-order valence-electron chi connectivity index (χ2n) is 7.89. The number of amides is 1. The predicted molar refractivity (Wildman–Crippen MR) is 101 cm³/mol. The highest BCUT2D eigenvalue weighted by Gasteiger charge is 2.23. The third kappa shape index (κ3) is 3.82. The fraction of sp³-hybridized carbons (Fsp3) is 0.650. The molecule has 0 aliphatic carbocycles. The normalized spacial score (nSPS) is 22.9. The number of piperazine rings is 1. The molecular weight excluding hydrogens is 312 g/mol. The molecule has 3 aliphatic heterocycles. The minimum absolute atomic E-state index is 0.0697. The van der Waals surface area contributed by atoms with E-state index in [0.717, 1.165) is 43.2 Å². The van der Waals surface area contributed by atoms with Gasteiger partial charge in [-0.3, -0.25) is 9.69 Å². The molecule has 3 heterocycles. The van der Waals surface area contributed by atoms with Gasteiger partial charge in [-0.15, -0.1) is 0 Å². The Morgan fingerprint density at radius 1 is 1.08 bits per heavy atom. The van der Waals surface area contributed by atoms with Gasteiger partial charge in [-0.2, -0.15) is 0 Å². The number of carbonyl (C=O) groups is 1. The van der Waals surface area contributed by atoms with E-state index < -0.39 is 0 Å². The summed E-state index contributed by atoms with van der Waals surface area (Å²) in [5, 5.41) is 2.90. The molecule has 5 nitrogen and oxygen atoms in total. The summed E-state index contributed by atoms with van der Waals surface area (Å²) < 4.78 is 0. The van der Waals surface area contributed by atoms with E-state index in [9.17, 15) is 4.79 Å². The molecule has 25 heavy (non-hydrogen) atoms. The van der Waals surface area contributed by atoms with Gasteiger partial charge in [0.2, 0.25) is 0 Å². The van der Waals surface area contributed by atoms with Crippen LogP contribution in [0.15, 0.2) is 18.2 Å². The summed E-state index contributed by atoms with van der Waals surface area (Å²) in [4.78, 5) is 19.2. The number of fused-ring (bicyclic) bond motifs is 1. The highest BCUT2D eigenvalue weighted by atomic mass is 16.1. The summed E-state index contributed by atoms with van der Waals surface area (Å²) in [5.74, 6) is 0.997. The zero-order chi connectivity index (χ0) is 17.2. The fourth-order valence-corrected chi connectivity index (χ4v) is 4.36. The molecule has 0 saturated carbocycles. The van der Waals surface area contributed by atoms with E-state index in [4.69, 9.17) is 0 Å². The third-order valence-electron chi connectivity index (χ3n) is 6.20. The number of nitrogens with zero attached hydrogens (tertiary/aromatic N) is 3. The van der Waals surface area contributed by atoms with Crippen LogP contribution in [-0.2, 0) is 6.54 Å². The number of likely N-dealkylation sites (tertiary alicyclic amines) is 1. The van der Waals surface area contributed by atoms with Gasteiger partial charge in [0.1, 0.15) is 0 Å². The number of rotatable bonds is 4. The van der Waals surface area contributed by atoms with Gasteiger partial charge >= 0.3 is 0 Å². The molecule has 0 spiro atoms. The van der Waals surface area contributed by atoms with Crippen molar-refractivity contribution in [1.29, 1.82) is 0 Å². The minimum atomic E-state index is 0.0697. The van der Waals surface area contributed by atoms with E-state index >= 15 is 0 Å². The molecule has 1 aromatic rings. The smallest absolute Gasteiger partial charge is 0.251 e. The first-order valence-corrected chi connectivity index (χ1v) is 9.76. The summed E-state index contributed by atoms with van der Waals surface area (Å²) in [6.07, 6.45) is 4.11. The highest BCUT2D eigenvalue weighted by molar-refractivity contribution is 5.98. The summed E-state index contributed by atoms with van der Waals surface area (Å²) in [5.41, 5.74) is 3.26. The largest absolute Gasteiger partial charge is 0.369 e. The first-order chi connectivity index (χ1) is 12.2. The molecule has 0 bridgehead atoms. The molecule has 5 heteroatoms. The molecule has 0 atom stereocenters. The Kier molecular flexibility index (Phi) is 4.95. The molecule has 1 amide bonds. The van der Waals surface area contributed by atoms with Crippen LogP contribution in [0, 0.1) is 5.92 Å². The number of nitrogens with one attached hydrogen (secondary N) is 1. The van der Waals surface area contributed by atoms with Crippen LogP contribution in [0.1, 0.15) is 35.2 Å². The number of carbonyl (C=O) groups excluding carboxylic acids is 1. The fourth-order valence-electron chi connectivity index (χ4n) is 4.36. The van der Waals surface area contributed by atoms with E-state index in [-0.39, 0.29) is 5.91 Å². The van der Waals surface area contributed by atoms with Crippen molar-refractivity contribution in [3.05, 3.63) is 29.3 Å².